The highest BCUT2D eigenvalue weighted by atomic mass is 16.6. The quantitative estimate of drug-likeness (QED) is 0.621. The average Bonchev–Trinajstić information content (AvgIpc) is 3.07. The molecule has 1 fully saturated rings. The summed E-state index contributed by atoms with van der Waals surface area (Å²) in [5.74, 6) is -0.862. The van der Waals surface area contributed by atoms with Gasteiger partial charge < -0.3 is 9.47 Å². The van der Waals surface area contributed by atoms with Crippen LogP contribution in [-0.4, -0.2) is 35.7 Å². The first kappa shape index (κ1) is 15.4. The first-order chi connectivity index (χ1) is 12.1. The maximum atomic E-state index is 12.2. The zero-order chi connectivity index (χ0) is 17.6. The molecule has 0 bridgehead atoms. The van der Waals surface area contributed by atoms with Crippen LogP contribution in [-0.2, 0) is 14.3 Å². The molecule has 1 atom stereocenters. The van der Waals surface area contributed by atoms with Crippen molar-refractivity contribution in [3.63, 3.8) is 0 Å². The van der Waals surface area contributed by atoms with Gasteiger partial charge in [-0.05, 0) is 29.2 Å². The number of cyclic esters (lactones) is 2. The Morgan fingerprint density at radius 3 is 2.12 bits per heavy atom. The number of nitrogens with zero attached hydrogens (tertiary/aromatic N) is 1. The van der Waals surface area contributed by atoms with Crippen LogP contribution in [0.1, 0.15) is 24.0 Å². The third-order valence-corrected chi connectivity index (χ3v) is 4.65. The van der Waals surface area contributed by atoms with E-state index in [1.807, 2.05) is 48.5 Å². The number of rotatable bonds is 2. The van der Waals surface area contributed by atoms with Crippen molar-refractivity contribution in [2.24, 2.45) is 0 Å². The highest BCUT2D eigenvalue weighted by Crippen LogP contribution is 2.44. The number of imide groups is 1. The summed E-state index contributed by atoms with van der Waals surface area (Å²) in [6.07, 6.45) is -1.86. The van der Waals surface area contributed by atoms with E-state index in [0.717, 1.165) is 22.3 Å². The Balaban J connectivity index is 1.57. The number of ether oxygens (including phenoxy) is 2. The summed E-state index contributed by atoms with van der Waals surface area (Å²) in [5, 5.41) is 0. The topological polar surface area (TPSA) is 72.9 Å². The first-order valence-corrected chi connectivity index (χ1v) is 7.98. The summed E-state index contributed by atoms with van der Waals surface area (Å²) in [6, 6.07) is 14.9. The molecule has 25 heavy (non-hydrogen) atoms. The molecule has 2 aromatic rings. The van der Waals surface area contributed by atoms with Crippen LogP contribution in [0.4, 0.5) is 9.59 Å². The second-order valence-electron chi connectivity index (χ2n) is 6.04. The maximum Gasteiger partial charge on any atom is 0.427 e. The lowest BCUT2D eigenvalue weighted by atomic mass is 9.98. The van der Waals surface area contributed by atoms with E-state index < -0.39 is 24.2 Å². The Labute approximate surface area is 144 Å². The smallest absolute Gasteiger partial charge is 0.427 e. The summed E-state index contributed by atoms with van der Waals surface area (Å²) in [4.78, 5) is 36.0. The lowest BCUT2D eigenvalue weighted by Crippen LogP contribution is -2.39. The van der Waals surface area contributed by atoms with Crippen molar-refractivity contribution in [2.45, 2.75) is 18.9 Å². The van der Waals surface area contributed by atoms with Gasteiger partial charge >= 0.3 is 18.2 Å². The summed E-state index contributed by atoms with van der Waals surface area (Å²) < 4.78 is 9.79. The molecule has 4 rings (SSSR count). The molecule has 0 unspecified atom stereocenters. The van der Waals surface area contributed by atoms with Crippen molar-refractivity contribution in [1.29, 1.82) is 0 Å². The fraction of sp³-hybridized carbons (Fsp3) is 0.211. The number of carbonyl (C=O) groups excluding carboxylic acids is 3. The van der Waals surface area contributed by atoms with Gasteiger partial charge in [0.1, 0.15) is 12.6 Å². The summed E-state index contributed by atoms with van der Waals surface area (Å²) in [5.41, 5.74) is 4.38. The van der Waals surface area contributed by atoms with Gasteiger partial charge in [-0.1, -0.05) is 48.5 Å². The van der Waals surface area contributed by atoms with Crippen LogP contribution >= 0.6 is 0 Å². The van der Waals surface area contributed by atoms with E-state index in [9.17, 15) is 14.4 Å². The Hall–Kier alpha value is -3.15. The van der Waals surface area contributed by atoms with Gasteiger partial charge in [0.25, 0.3) is 0 Å². The Kier molecular flexibility index (Phi) is 3.53. The molecule has 0 aromatic heterocycles. The van der Waals surface area contributed by atoms with Crippen LogP contribution in [0.5, 0.6) is 0 Å². The largest absolute Gasteiger partial charge is 0.448 e. The standard InChI is InChI=1S/C19H15NO5/c1-11-17(21)25-19(23)20(11)18(22)24-10-16-14-8-4-2-6-12(14)13-7-3-5-9-15(13)16/h2-9,11,16H,10H2,1H3/t11-/m0/s1. The molecular weight excluding hydrogens is 322 g/mol. The third kappa shape index (κ3) is 2.38. The maximum absolute atomic E-state index is 12.2. The fourth-order valence-corrected chi connectivity index (χ4v) is 3.38. The van der Waals surface area contributed by atoms with Gasteiger partial charge in [0.2, 0.25) is 0 Å². The SMILES string of the molecule is C[C@H]1C(=O)OC(=O)N1C(=O)OCC1c2ccccc2-c2ccccc21. The molecule has 1 aliphatic heterocycles. The Morgan fingerprint density at radius 2 is 1.60 bits per heavy atom. The van der Waals surface area contributed by atoms with Crippen LogP contribution in [0.3, 0.4) is 0 Å². The van der Waals surface area contributed by atoms with Crippen LogP contribution in [0.2, 0.25) is 0 Å². The average molecular weight is 337 g/mol. The number of amides is 2. The molecule has 0 N–H and O–H groups in total. The molecule has 2 aromatic carbocycles. The van der Waals surface area contributed by atoms with Gasteiger partial charge in [0, 0.05) is 5.92 Å². The normalized spacial score (nSPS) is 18.8. The third-order valence-electron chi connectivity index (χ3n) is 4.65. The molecule has 1 saturated heterocycles. The second-order valence-corrected chi connectivity index (χ2v) is 6.04. The molecule has 0 saturated carbocycles. The van der Waals surface area contributed by atoms with Gasteiger partial charge in [0.15, 0.2) is 0 Å². The van der Waals surface area contributed by atoms with Gasteiger partial charge in [-0.15, -0.1) is 0 Å². The molecule has 2 amide bonds. The van der Waals surface area contributed by atoms with Crippen LogP contribution < -0.4 is 0 Å². The predicted molar refractivity (Wildman–Crippen MR) is 87.9 cm³/mol. The van der Waals surface area contributed by atoms with Crippen molar-refractivity contribution in [2.75, 3.05) is 6.61 Å². The first-order valence-electron chi connectivity index (χ1n) is 7.98. The summed E-state index contributed by atoms with van der Waals surface area (Å²) in [7, 11) is 0. The number of hydrogen-bond acceptors (Lipinski definition) is 5. The zero-order valence-corrected chi connectivity index (χ0v) is 13.5. The van der Waals surface area contributed by atoms with E-state index in [0.29, 0.717) is 4.90 Å². The Morgan fingerprint density at radius 1 is 1.04 bits per heavy atom. The molecule has 1 heterocycles. The van der Waals surface area contributed by atoms with Gasteiger partial charge in [-0.25, -0.2) is 14.4 Å². The van der Waals surface area contributed by atoms with Crippen molar-refractivity contribution in [1.82, 2.24) is 4.90 Å². The van der Waals surface area contributed by atoms with Crippen molar-refractivity contribution in [3.05, 3.63) is 59.7 Å². The van der Waals surface area contributed by atoms with Gasteiger partial charge in [0.05, 0.1) is 0 Å². The minimum absolute atomic E-state index is 0.0809. The second kappa shape index (κ2) is 5.73. The molecule has 0 radical (unpaired) electrons. The molecule has 0 spiro atoms. The predicted octanol–water partition coefficient (Wildman–Crippen LogP) is 3.30. The monoisotopic (exact) mass is 337 g/mol. The summed E-state index contributed by atoms with van der Waals surface area (Å²) >= 11 is 0. The van der Waals surface area contributed by atoms with Crippen molar-refractivity contribution in [3.8, 4) is 11.1 Å². The molecule has 6 nitrogen and oxygen atoms in total. The molecule has 1 aliphatic carbocycles. The van der Waals surface area contributed by atoms with E-state index >= 15 is 0 Å². The van der Waals surface area contributed by atoms with E-state index in [1.165, 1.54) is 6.92 Å². The lowest BCUT2D eigenvalue weighted by Gasteiger charge is -2.18. The van der Waals surface area contributed by atoms with Crippen molar-refractivity contribution < 1.29 is 23.9 Å². The van der Waals surface area contributed by atoms with E-state index in [4.69, 9.17) is 4.74 Å². The molecule has 2 aliphatic rings. The number of hydrogen-bond donors (Lipinski definition) is 0. The van der Waals surface area contributed by atoms with Crippen LogP contribution in [0.15, 0.2) is 48.5 Å². The number of fused-ring (bicyclic) bond motifs is 3. The number of benzene rings is 2. The van der Waals surface area contributed by atoms with Gasteiger partial charge in [-0.2, -0.15) is 4.90 Å². The minimum atomic E-state index is -0.991. The highest BCUT2D eigenvalue weighted by molar-refractivity contribution is 6.03. The van der Waals surface area contributed by atoms with Crippen molar-refractivity contribution >= 4 is 18.2 Å². The van der Waals surface area contributed by atoms with Gasteiger partial charge in [-0.3, -0.25) is 0 Å². The van der Waals surface area contributed by atoms with E-state index in [-0.39, 0.29) is 12.5 Å². The van der Waals surface area contributed by atoms with E-state index in [1.54, 1.807) is 0 Å². The fourth-order valence-electron chi connectivity index (χ4n) is 3.38. The molecule has 126 valence electrons. The highest BCUT2D eigenvalue weighted by Gasteiger charge is 2.43. The van der Waals surface area contributed by atoms with Crippen LogP contribution in [0, 0.1) is 0 Å². The minimum Gasteiger partial charge on any atom is -0.448 e. The number of carbonyl (C=O) groups is 3. The lowest BCUT2D eigenvalue weighted by molar-refractivity contribution is -0.135. The molecular formula is C19H15NO5. The number of esters is 1. The van der Waals surface area contributed by atoms with E-state index in [2.05, 4.69) is 4.74 Å². The summed E-state index contributed by atoms with van der Waals surface area (Å²) in [6.45, 7) is 1.51. The Bertz CT molecular complexity index is 845. The molecule has 6 heteroatoms. The zero-order valence-electron chi connectivity index (χ0n) is 13.5. The van der Waals surface area contributed by atoms with Crippen LogP contribution in [0.25, 0.3) is 11.1 Å².